The van der Waals surface area contributed by atoms with E-state index in [1.165, 1.54) is 12.8 Å². The quantitative estimate of drug-likeness (QED) is 0.660. The SMILES string of the molecule is CCCCC(C)(C)CC(=O)c1ccco1. The van der Waals surface area contributed by atoms with Gasteiger partial charge in [-0.1, -0.05) is 33.6 Å². The summed E-state index contributed by atoms with van der Waals surface area (Å²) in [4.78, 5) is 11.8. The number of carbonyl (C=O) groups is 1. The summed E-state index contributed by atoms with van der Waals surface area (Å²) in [7, 11) is 0. The van der Waals surface area contributed by atoms with E-state index >= 15 is 0 Å². The summed E-state index contributed by atoms with van der Waals surface area (Å²) in [5.74, 6) is 0.598. The number of hydrogen-bond donors (Lipinski definition) is 0. The summed E-state index contributed by atoms with van der Waals surface area (Å²) < 4.78 is 5.10. The minimum Gasteiger partial charge on any atom is -0.461 e. The molecule has 0 aliphatic heterocycles. The summed E-state index contributed by atoms with van der Waals surface area (Å²) in [6.45, 7) is 6.46. The van der Waals surface area contributed by atoms with Gasteiger partial charge in [0.25, 0.3) is 0 Å². The molecule has 0 bridgehead atoms. The van der Waals surface area contributed by atoms with Crippen LogP contribution in [0.4, 0.5) is 0 Å². The summed E-state index contributed by atoms with van der Waals surface area (Å²) in [5, 5.41) is 0. The molecule has 0 spiro atoms. The smallest absolute Gasteiger partial charge is 0.198 e. The molecule has 0 N–H and O–H groups in total. The Balaban J connectivity index is 2.50. The van der Waals surface area contributed by atoms with Gasteiger partial charge in [0, 0.05) is 6.42 Å². The van der Waals surface area contributed by atoms with E-state index in [1.54, 1.807) is 18.4 Å². The number of unbranched alkanes of at least 4 members (excludes halogenated alkanes) is 1. The first-order valence-electron chi connectivity index (χ1n) is 5.62. The fraction of sp³-hybridized carbons (Fsp3) is 0.615. The molecule has 1 heterocycles. The lowest BCUT2D eigenvalue weighted by Crippen LogP contribution is -2.16. The first-order valence-corrected chi connectivity index (χ1v) is 5.62. The molecule has 2 heteroatoms. The molecular weight excluding hydrogens is 188 g/mol. The van der Waals surface area contributed by atoms with Crippen molar-refractivity contribution in [3.63, 3.8) is 0 Å². The van der Waals surface area contributed by atoms with Crippen molar-refractivity contribution < 1.29 is 9.21 Å². The average Bonchev–Trinajstić information content (AvgIpc) is 2.67. The molecule has 84 valence electrons. The van der Waals surface area contributed by atoms with Crippen LogP contribution >= 0.6 is 0 Å². The van der Waals surface area contributed by atoms with E-state index in [-0.39, 0.29) is 11.2 Å². The van der Waals surface area contributed by atoms with Crippen LogP contribution in [0.15, 0.2) is 22.8 Å². The van der Waals surface area contributed by atoms with Gasteiger partial charge in [0.15, 0.2) is 11.5 Å². The molecule has 0 amide bonds. The number of Topliss-reactive ketones (excluding diaryl/α,β-unsaturated/α-hetero) is 1. The fourth-order valence-corrected chi connectivity index (χ4v) is 1.70. The van der Waals surface area contributed by atoms with Crippen LogP contribution in [0, 0.1) is 5.41 Å². The molecular formula is C13H20O2. The Morgan fingerprint density at radius 2 is 2.20 bits per heavy atom. The molecule has 0 unspecified atom stereocenters. The van der Waals surface area contributed by atoms with E-state index in [2.05, 4.69) is 20.8 Å². The molecule has 0 fully saturated rings. The van der Waals surface area contributed by atoms with Gasteiger partial charge in [-0.25, -0.2) is 0 Å². The summed E-state index contributed by atoms with van der Waals surface area (Å²) in [6.07, 6.45) is 5.57. The third-order valence-electron chi connectivity index (χ3n) is 2.64. The lowest BCUT2D eigenvalue weighted by molar-refractivity contribution is 0.0896. The largest absolute Gasteiger partial charge is 0.461 e. The Morgan fingerprint density at radius 1 is 1.47 bits per heavy atom. The van der Waals surface area contributed by atoms with Crippen LogP contribution in [0.3, 0.4) is 0 Å². The standard InChI is InChI=1S/C13H20O2/c1-4-5-8-13(2,3)10-11(14)12-7-6-9-15-12/h6-7,9H,4-5,8,10H2,1-3H3. The Labute approximate surface area is 91.7 Å². The number of rotatable bonds is 6. The highest BCUT2D eigenvalue weighted by atomic mass is 16.3. The van der Waals surface area contributed by atoms with Crippen LogP contribution in [0.25, 0.3) is 0 Å². The molecule has 0 atom stereocenters. The van der Waals surface area contributed by atoms with Crippen LogP contribution in [0.5, 0.6) is 0 Å². The molecule has 0 aromatic carbocycles. The average molecular weight is 208 g/mol. The fourth-order valence-electron chi connectivity index (χ4n) is 1.70. The lowest BCUT2D eigenvalue weighted by atomic mass is 9.82. The highest BCUT2D eigenvalue weighted by Gasteiger charge is 2.23. The van der Waals surface area contributed by atoms with Crippen LogP contribution in [-0.4, -0.2) is 5.78 Å². The van der Waals surface area contributed by atoms with Gasteiger partial charge in [-0.05, 0) is 24.0 Å². The van der Waals surface area contributed by atoms with E-state index in [0.29, 0.717) is 12.2 Å². The molecule has 2 nitrogen and oxygen atoms in total. The van der Waals surface area contributed by atoms with Gasteiger partial charge in [0.1, 0.15) is 0 Å². The van der Waals surface area contributed by atoms with Crippen molar-refractivity contribution in [3.8, 4) is 0 Å². The molecule has 0 aliphatic carbocycles. The number of furan rings is 1. The summed E-state index contributed by atoms with van der Waals surface area (Å²) >= 11 is 0. The Bertz CT molecular complexity index is 296. The van der Waals surface area contributed by atoms with E-state index < -0.39 is 0 Å². The second-order valence-corrected chi connectivity index (χ2v) is 4.85. The van der Waals surface area contributed by atoms with E-state index in [1.807, 2.05) is 0 Å². The molecule has 1 aromatic heterocycles. The van der Waals surface area contributed by atoms with E-state index in [4.69, 9.17) is 4.42 Å². The third kappa shape index (κ3) is 3.90. The molecule has 0 saturated carbocycles. The number of hydrogen-bond acceptors (Lipinski definition) is 2. The van der Waals surface area contributed by atoms with Gasteiger partial charge in [0.05, 0.1) is 6.26 Å². The van der Waals surface area contributed by atoms with Crippen LogP contribution < -0.4 is 0 Å². The molecule has 0 radical (unpaired) electrons. The van der Waals surface area contributed by atoms with Crippen molar-refractivity contribution in [2.75, 3.05) is 0 Å². The number of ketones is 1. The zero-order valence-electron chi connectivity index (χ0n) is 9.88. The Hall–Kier alpha value is -1.05. The predicted molar refractivity (Wildman–Crippen MR) is 61.0 cm³/mol. The lowest BCUT2D eigenvalue weighted by Gasteiger charge is -2.22. The van der Waals surface area contributed by atoms with Crippen molar-refractivity contribution in [2.45, 2.75) is 46.5 Å². The molecule has 0 aliphatic rings. The molecule has 15 heavy (non-hydrogen) atoms. The van der Waals surface area contributed by atoms with Crippen molar-refractivity contribution in [1.82, 2.24) is 0 Å². The van der Waals surface area contributed by atoms with Gasteiger partial charge in [-0.3, -0.25) is 4.79 Å². The molecule has 1 rings (SSSR count). The molecule has 1 aromatic rings. The van der Waals surface area contributed by atoms with Gasteiger partial charge >= 0.3 is 0 Å². The summed E-state index contributed by atoms with van der Waals surface area (Å²) in [6, 6.07) is 3.49. The zero-order valence-corrected chi connectivity index (χ0v) is 9.88. The van der Waals surface area contributed by atoms with Gasteiger partial charge in [-0.2, -0.15) is 0 Å². The van der Waals surface area contributed by atoms with Crippen molar-refractivity contribution in [2.24, 2.45) is 5.41 Å². The normalized spacial score (nSPS) is 11.7. The van der Waals surface area contributed by atoms with Gasteiger partial charge in [-0.15, -0.1) is 0 Å². The first kappa shape index (κ1) is 12.0. The van der Waals surface area contributed by atoms with E-state index in [0.717, 1.165) is 6.42 Å². The number of carbonyl (C=O) groups excluding carboxylic acids is 1. The van der Waals surface area contributed by atoms with Crippen molar-refractivity contribution >= 4 is 5.78 Å². The van der Waals surface area contributed by atoms with Crippen molar-refractivity contribution in [3.05, 3.63) is 24.2 Å². The highest BCUT2D eigenvalue weighted by Crippen LogP contribution is 2.29. The van der Waals surface area contributed by atoms with Gasteiger partial charge < -0.3 is 4.42 Å². The second kappa shape index (κ2) is 5.15. The Morgan fingerprint density at radius 3 is 2.73 bits per heavy atom. The topological polar surface area (TPSA) is 30.2 Å². The minimum absolute atomic E-state index is 0.0832. The maximum atomic E-state index is 11.8. The third-order valence-corrected chi connectivity index (χ3v) is 2.64. The Kier molecular flexibility index (Phi) is 4.13. The summed E-state index contributed by atoms with van der Waals surface area (Å²) in [5.41, 5.74) is 0.0832. The minimum atomic E-state index is 0.0832. The van der Waals surface area contributed by atoms with Crippen LogP contribution in [-0.2, 0) is 0 Å². The second-order valence-electron chi connectivity index (χ2n) is 4.85. The monoisotopic (exact) mass is 208 g/mol. The van der Waals surface area contributed by atoms with Gasteiger partial charge in [0.2, 0.25) is 0 Å². The zero-order chi connectivity index (χ0) is 11.3. The maximum absolute atomic E-state index is 11.8. The van der Waals surface area contributed by atoms with Crippen molar-refractivity contribution in [1.29, 1.82) is 0 Å². The van der Waals surface area contributed by atoms with Crippen LogP contribution in [0.1, 0.15) is 57.0 Å². The first-order chi connectivity index (χ1) is 7.05. The molecule has 0 saturated heterocycles. The van der Waals surface area contributed by atoms with E-state index in [9.17, 15) is 4.79 Å². The highest BCUT2D eigenvalue weighted by molar-refractivity contribution is 5.93. The van der Waals surface area contributed by atoms with Crippen LogP contribution in [0.2, 0.25) is 0 Å². The predicted octanol–water partition coefficient (Wildman–Crippen LogP) is 4.07. The maximum Gasteiger partial charge on any atom is 0.198 e.